The Morgan fingerprint density at radius 1 is 1.31 bits per heavy atom. The minimum Gasteiger partial charge on any atom is -0.480 e. The van der Waals surface area contributed by atoms with Crippen LogP contribution < -0.4 is 5.73 Å². The van der Waals surface area contributed by atoms with E-state index in [1.54, 1.807) is 0 Å². The molecule has 3 nitrogen and oxygen atoms in total. The molecule has 1 aliphatic carbocycles. The van der Waals surface area contributed by atoms with Crippen molar-refractivity contribution in [3.05, 3.63) is 0 Å². The number of hydrogen-bond donors (Lipinski definition) is 2. The summed E-state index contributed by atoms with van der Waals surface area (Å²) in [5.74, 6) is 0.570. The number of carbonyl (C=O) groups is 1. The second kappa shape index (κ2) is 4.09. The summed E-state index contributed by atoms with van der Waals surface area (Å²) in [5.41, 5.74) is 5.62. The van der Waals surface area contributed by atoms with Crippen LogP contribution in [0.5, 0.6) is 0 Å². The van der Waals surface area contributed by atoms with Crippen LogP contribution in [-0.2, 0) is 4.79 Å². The molecule has 0 heterocycles. The van der Waals surface area contributed by atoms with Gasteiger partial charge in [-0.2, -0.15) is 0 Å². The van der Waals surface area contributed by atoms with Crippen molar-refractivity contribution in [3.8, 4) is 0 Å². The predicted octanol–water partition coefficient (Wildman–Crippen LogP) is 1.47. The Hall–Kier alpha value is -0.570. The van der Waals surface area contributed by atoms with E-state index in [4.69, 9.17) is 10.8 Å². The molecule has 0 aromatic rings. The largest absolute Gasteiger partial charge is 0.480 e. The van der Waals surface area contributed by atoms with E-state index in [1.807, 2.05) is 0 Å². The molecule has 3 N–H and O–H groups in total. The first-order valence-electron chi connectivity index (χ1n) is 4.99. The van der Waals surface area contributed by atoms with E-state index in [0.29, 0.717) is 11.8 Å². The van der Waals surface area contributed by atoms with Gasteiger partial charge in [-0.1, -0.05) is 13.8 Å². The molecule has 76 valence electrons. The molecule has 1 aliphatic rings. The standard InChI is InChI=1S/C10H19NO2/c1-6-3-7(2)5-8(4-6)9(11)10(12)13/h6-9H,3-5,11H2,1-2H3,(H,12,13)/t6?,7?,8?,9-/m0/s1. The van der Waals surface area contributed by atoms with Crippen LogP contribution in [0.15, 0.2) is 0 Å². The van der Waals surface area contributed by atoms with Gasteiger partial charge in [0.05, 0.1) is 0 Å². The van der Waals surface area contributed by atoms with Gasteiger partial charge in [-0.05, 0) is 37.0 Å². The predicted molar refractivity (Wildman–Crippen MR) is 51.3 cm³/mol. The highest BCUT2D eigenvalue weighted by Crippen LogP contribution is 2.34. The van der Waals surface area contributed by atoms with Crippen LogP contribution in [0.4, 0.5) is 0 Å². The van der Waals surface area contributed by atoms with Gasteiger partial charge in [-0.15, -0.1) is 0 Å². The topological polar surface area (TPSA) is 63.3 Å². The number of hydrogen-bond acceptors (Lipinski definition) is 2. The molecule has 0 aliphatic heterocycles. The number of aliphatic carboxylic acids is 1. The lowest BCUT2D eigenvalue weighted by atomic mass is 9.74. The summed E-state index contributed by atoms with van der Waals surface area (Å²) in [6.07, 6.45) is 3.15. The molecule has 2 unspecified atom stereocenters. The summed E-state index contributed by atoms with van der Waals surface area (Å²) in [6.45, 7) is 4.36. The summed E-state index contributed by atoms with van der Waals surface area (Å²) >= 11 is 0. The Morgan fingerprint density at radius 3 is 2.15 bits per heavy atom. The van der Waals surface area contributed by atoms with Crippen LogP contribution in [0.25, 0.3) is 0 Å². The van der Waals surface area contributed by atoms with Gasteiger partial charge < -0.3 is 10.8 Å². The first-order chi connectivity index (χ1) is 6.00. The van der Waals surface area contributed by atoms with Crippen molar-refractivity contribution < 1.29 is 9.90 Å². The van der Waals surface area contributed by atoms with Crippen molar-refractivity contribution in [1.82, 2.24) is 0 Å². The molecule has 1 saturated carbocycles. The smallest absolute Gasteiger partial charge is 0.320 e. The van der Waals surface area contributed by atoms with Crippen LogP contribution in [0.3, 0.4) is 0 Å². The zero-order valence-corrected chi connectivity index (χ0v) is 8.36. The van der Waals surface area contributed by atoms with Crippen LogP contribution >= 0.6 is 0 Å². The van der Waals surface area contributed by atoms with Crippen LogP contribution in [0, 0.1) is 17.8 Å². The van der Waals surface area contributed by atoms with Crippen LogP contribution in [0.1, 0.15) is 33.1 Å². The molecular weight excluding hydrogens is 166 g/mol. The molecular formula is C10H19NO2. The lowest BCUT2D eigenvalue weighted by molar-refractivity contribution is -0.140. The fourth-order valence-electron chi connectivity index (χ4n) is 2.50. The number of carboxylic acid groups (broad SMARTS) is 1. The van der Waals surface area contributed by atoms with E-state index in [9.17, 15) is 4.79 Å². The first kappa shape index (κ1) is 10.5. The monoisotopic (exact) mass is 185 g/mol. The zero-order valence-electron chi connectivity index (χ0n) is 8.36. The van der Waals surface area contributed by atoms with E-state index >= 15 is 0 Å². The third-order valence-corrected chi connectivity index (χ3v) is 3.01. The minimum absolute atomic E-state index is 0.177. The molecule has 0 aromatic heterocycles. The molecule has 0 amide bonds. The summed E-state index contributed by atoms with van der Waals surface area (Å²) in [4.78, 5) is 10.7. The third-order valence-electron chi connectivity index (χ3n) is 3.01. The van der Waals surface area contributed by atoms with Gasteiger partial charge in [0.25, 0.3) is 0 Å². The average Bonchev–Trinajstić information content (AvgIpc) is 2.01. The van der Waals surface area contributed by atoms with Crippen molar-refractivity contribution in [3.63, 3.8) is 0 Å². The summed E-state index contributed by atoms with van der Waals surface area (Å²) in [7, 11) is 0. The van der Waals surface area contributed by atoms with Gasteiger partial charge >= 0.3 is 5.97 Å². The number of carboxylic acids is 1. The molecule has 0 bridgehead atoms. The molecule has 0 aromatic carbocycles. The van der Waals surface area contributed by atoms with Gasteiger partial charge in [-0.25, -0.2) is 0 Å². The molecule has 1 rings (SSSR count). The van der Waals surface area contributed by atoms with E-state index in [-0.39, 0.29) is 5.92 Å². The quantitative estimate of drug-likeness (QED) is 0.684. The fourth-order valence-corrected chi connectivity index (χ4v) is 2.50. The Morgan fingerprint density at radius 2 is 1.77 bits per heavy atom. The molecule has 0 spiro atoms. The summed E-state index contributed by atoms with van der Waals surface area (Å²) < 4.78 is 0. The average molecular weight is 185 g/mol. The van der Waals surface area contributed by atoms with Gasteiger partial charge in [0, 0.05) is 0 Å². The molecule has 0 saturated heterocycles. The highest BCUT2D eigenvalue weighted by molar-refractivity contribution is 5.73. The first-order valence-corrected chi connectivity index (χ1v) is 4.99. The van der Waals surface area contributed by atoms with Gasteiger partial charge in [0.2, 0.25) is 0 Å². The van der Waals surface area contributed by atoms with E-state index in [2.05, 4.69) is 13.8 Å². The summed E-state index contributed by atoms with van der Waals surface area (Å²) in [6, 6.07) is -0.662. The molecule has 0 radical (unpaired) electrons. The highest BCUT2D eigenvalue weighted by Gasteiger charge is 2.31. The minimum atomic E-state index is -0.855. The Bertz CT molecular complexity index is 183. The fraction of sp³-hybridized carbons (Fsp3) is 0.900. The SMILES string of the molecule is CC1CC(C)CC([C@H](N)C(=O)O)C1. The van der Waals surface area contributed by atoms with Crippen molar-refractivity contribution >= 4 is 5.97 Å². The highest BCUT2D eigenvalue weighted by atomic mass is 16.4. The molecule has 1 fully saturated rings. The second-order valence-electron chi connectivity index (χ2n) is 4.54. The Kier molecular flexibility index (Phi) is 3.31. The molecule has 3 atom stereocenters. The molecule has 13 heavy (non-hydrogen) atoms. The van der Waals surface area contributed by atoms with E-state index < -0.39 is 12.0 Å². The summed E-state index contributed by atoms with van der Waals surface area (Å²) in [5, 5.41) is 8.78. The van der Waals surface area contributed by atoms with Crippen LogP contribution in [0.2, 0.25) is 0 Å². The van der Waals surface area contributed by atoms with Gasteiger partial charge in [0.15, 0.2) is 0 Å². The zero-order chi connectivity index (χ0) is 10.0. The van der Waals surface area contributed by atoms with Crippen molar-refractivity contribution in [2.75, 3.05) is 0 Å². The maximum absolute atomic E-state index is 10.7. The number of nitrogens with two attached hydrogens (primary N) is 1. The lowest BCUT2D eigenvalue weighted by Gasteiger charge is -2.33. The Balaban J connectivity index is 2.54. The van der Waals surface area contributed by atoms with Crippen molar-refractivity contribution in [2.45, 2.75) is 39.2 Å². The van der Waals surface area contributed by atoms with Gasteiger partial charge in [0.1, 0.15) is 6.04 Å². The van der Waals surface area contributed by atoms with Crippen molar-refractivity contribution in [2.24, 2.45) is 23.5 Å². The Labute approximate surface area is 79.3 Å². The maximum atomic E-state index is 10.7. The van der Waals surface area contributed by atoms with Gasteiger partial charge in [-0.3, -0.25) is 4.79 Å². The van der Waals surface area contributed by atoms with Crippen LogP contribution in [-0.4, -0.2) is 17.1 Å². The van der Waals surface area contributed by atoms with E-state index in [1.165, 1.54) is 6.42 Å². The second-order valence-corrected chi connectivity index (χ2v) is 4.54. The lowest BCUT2D eigenvalue weighted by Crippen LogP contribution is -2.41. The molecule has 3 heteroatoms. The normalized spacial score (nSPS) is 37.0. The number of rotatable bonds is 2. The maximum Gasteiger partial charge on any atom is 0.320 e. The van der Waals surface area contributed by atoms with Crippen molar-refractivity contribution in [1.29, 1.82) is 0 Å². The third kappa shape index (κ3) is 2.69. The van der Waals surface area contributed by atoms with E-state index in [0.717, 1.165) is 12.8 Å².